The number of benzene rings is 1. The maximum Gasteiger partial charge on any atom is 0.411 e. The lowest BCUT2D eigenvalue weighted by Gasteiger charge is -2.37. The van der Waals surface area contributed by atoms with Gasteiger partial charge in [-0.05, 0) is 63.0 Å². The third kappa shape index (κ3) is 7.79. The molecule has 41 heavy (non-hydrogen) atoms. The van der Waals surface area contributed by atoms with Crippen molar-refractivity contribution in [1.82, 2.24) is 20.4 Å². The van der Waals surface area contributed by atoms with Crippen LogP contribution in [0, 0.1) is 17.8 Å². The number of terminal acetylenes is 1. The van der Waals surface area contributed by atoms with Gasteiger partial charge in [0.05, 0.1) is 6.04 Å². The van der Waals surface area contributed by atoms with E-state index in [2.05, 4.69) is 22.6 Å². The fourth-order valence-electron chi connectivity index (χ4n) is 5.37. The van der Waals surface area contributed by atoms with Crippen molar-refractivity contribution in [2.24, 2.45) is 11.1 Å². The van der Waals surface area contributed by atoms with Gasteiger partial charge >= 0.3 is 6.09 Å². The van der Waals surface area contributed by atoms with E-state index in [1.807, 2.05) is 39.0 Å². The van der Waals surface area contributed by atoms with E-state index in [9.17, 15) is 19.2 Å². The number of nitrogens with one attached hydrogen (secondary N) is 2. The van der Waals surface area contributed by atoms with Crippen LogP contribution in [-0.2, 0) is 25.5 Å². The van der Waals surface area contributed by atoms with E-state index in [0.717, 1.165) is 29.7 Å². The second-order valence-corrected chi connectivity index (χ2v) is 13.1. The second kappa shape index (κ2) is 12.5. The Morgan fingerprint density at radius 2 is 1.80 bits per heavy atom. The number of rotatable bonds is 6. The summed E-state index contributed by atoms with van der Waals surface area (Å²) in [7, 11) is 1.37. The number of hydrogen-bond acceptors (Lipinski definition) is 6. The number of nitrogens with zero attached hydrogens (tertiary/aromatic N) is 2. The summed E-state index contributed by atoms with van der Waals surface area (Å²) in [4.78, 5) is 56.0. The van der Waals surface area contributed by atoms with Gasteiger partial charge in [-0.1, -0.05) is 51.0 Å². The lowest BCUT2D eigenvalue weighted by molar-refractivity contribution is -0.144. The van der Waals surface area contributed by atoms with Gasteiger partial charge in [-0.25, -0.2) is 4.79 Å². The molecule has 1 aliphatic heterocycles. The number of likely N-dealkylation sites (tertiary alicyclic amines) is 1. The highest BCUT2D eigenvalue weighted by molar-refractivity contribution is 5.95. The highest BCUT2D eigenvalue weighted by Crippen LogP contribution is 2.31. The van der Waals surface area contributed by atoms with E-state index in [1.165, 1.54) is 17.5 Å². The van der Waals surface area contributed by atoms with Crippen LogP contribution in [0.25, 0.3) is 0 Å². The SMILES string of the molecule is C#C[C@@H](C(=O)N[C@H](C(=O)N1C[C@@H](N)C[C@H]1C(=O)N[C@@H]1CCCc2ccccc21)C(C)(C)C)N(C)C(=O)OC(C)(C)C. The van der Waals surface area contributed by atoms with Crippen molar-refractivity contribution >= 4 is 23.8 Å². The van der Waals surface area contributed by atoms with Crippen LogP contribution in [0.4, 0.5) is 4.79 Å². The Kier molecular flexibility index (Phi) is 9.75. The average molecular weight is 568 g/mol. The average Bonchev–Trinajstić information content (AvgIpc) is 3.27. The monoisotopic (exact) mass is 567 g/mol. The van der Waals surface area contributed by atoms with Crippen LogP contribution in [0.5, 0.6) is 0 Å². The maximum atomic E-state index is 14.0. The molecule has 10 heteroatoms. The van der Waals surface area contributed by atoms with Crippen molar-refractivity contribution in [3.63, 3.8) is 0 Å². The van der Waals surface area contributed by atoms with Crippen LogP contribution in [0.3, 0.4) is 0 Å². The molecular formula is C31H45N5O5. The molecule has 1 aliphatic carbocycles. The fraction of sp³-hybridized carbons (Fsp3) is 0.613. The largest absolute Gasteiger partial charge is 0.444 e. The Hall–Kier alpha value is -3.58. The van der Waals surface area contributed by atoms with E-state index in [0.29, 0.717) is 6.42 Å². The number of carbonyl (C=O) groups excluding carboxylic acids is 4. The molecule has 0 radical (unpaired) electrons. The zero-order valence-corrected chi connectivity index (χ0v) is 25.3. The van der Waals surface area contributed by atoms with Gasteiger partial charge in [0.2, 0.25) is 11.8 Å². The number of carbonyl (C=O) groups is 4. The molecule has 2 aliphatic rings. The van der Waals surface area contributed by atoms with Crippen LogP contribution in [-0.4, -0.2) is 77.0 Å². The Balaban J connectivity index is 1.78. The minimum atomic E-state index is -1.31. The number of amides is 4. The van der Waals surface area contributed by atoms with Crippen molar-refractivity contribution in [3.8, 4) is 12.3 Å². The number of likely N-dealkylation sites (N-methyl/N-ethyl adjacent to an activating group) is 1. The molecule has 4 N–H and O–H groups in total. The summed E-state index contributed by atoms with van der Waals surface area (Å²) in [5.74, 6) is 0.931. The Bertz CT molecular complexity index is 1190. The molecule has 1 saturated heterocycles. The summed E-state index contributed by atoms with van der Waals surface area (Å²) in [6.07, 6.45) is 7.93. The van der Waals surface area contributed by atoms with Gasteiger partial charge in [-0.3, -0.25) is 19.3 Å². The summed E-state index contributed by atoms with van der Waals surface area (Å²) >= 11 is 0. The topological polar surface area (TPSA) is 134 Å². The van der Waals surface area contributed by atoms with Crippen molar-refractivity contribution in [2.45, 2.75) is 103 Å². The first-order valence-electron chi connectivity index (χ1n) is 14.2. The molecule has 1 fully saturated rings. The van der Waals surface area contributed by atoms with E-state index < -0.39 is 47.0 Å². The molecule has 5 atom stereocenters. The maximum absolute atomic E-state index is 14.0. The highest BCUT2D eigenvalue weighted by atomic mass is 16.6. The molecule has 0 spiro atoms. The number of aryl methyl sites for hydroxylation is 1. The molecule has 1 heterocycles. The number of ether oxygens (including phenoxy) is 1. The molecule has 1 aromatic rings. The van der Waals surface area contributed by atoms with E-state index >= 15 is 0 Å². The summed E-state index contributed by atoms with van der Waals surface area (Å²) in [6, 6.07) is 4.42. The van der Waals surface area contributed by atoms with Crippen molar-refractivity contribution in [2.75, 3.05) is 13.6 Å². The summed E-state index contributed by atoms with van der Waals surface area (Å²) < 4.78 is 5.35. The molecule has 224 valence electrons. The minimum Gasteiger partial charge on any atom is -0.444 e. The van der Waals surface area contributed by atoms with Crippen LogP contribution in [0.1, 0.15) is 78.0 Å². The van der Waals surface area contributed by atoms with Gasteiger partial charge < -0.3 is 26.0 Å². The molecule has 0 unspecified atom stereocenters. The first-order valence-corrected chi connectivity index (χ1v) is 14.2. The zero-order chi connectivity index (χ0) is 30.7. The number of fused-ring (bicyclic) bond motifs is 1. The highest BCUT2D eigenvalue weighted by Gasteiger charge is 2.45. The standard InChI is InChI=1S/C31H45N5O5/c1-9-23(35(8)29(40)41-31(5,6)7)26(37)34-25(30(2,3)4)28(39)36-18-20(32)17-24(36)27(38)33-22-16-12-14-19-13-10-11-15-21(19)22/h1,10-11,13,15,20,22-25H,12,14,16-18,32H2,2-8H3,(H,33,38)(H,34,37)/t20-,22+,23-,24-,25+/m0/s1. The molecular weight excluding hydrogens is 522 g/mol. The lowest BCUT2D eigenvalue weighted by Crippen LogP contribution is -2.60. The molecule has 3 rings (SSSR count). The summed E-state index contributed by atoms with van der Waals surface area (Å²) in [6.45, 7) is 10.7. The van der Waals surface area contributed by atoms with Gasteiger partial charge in [0, 0.05) is 19.6 Å². The number of hydrogen-bond donors (Lipinski definition) is 3. The molecule has 1 aromatic carbocycles. The quantitative estimate of drug-likeness (QED) is 0.453. The zero-order valence-electron chi connectivity index (χ0n) is 25.3. The molecule has 0 saturated carbocycles. The third-order valence-corrected chi connectivity index (χ3v) is 7.48. The van der Waals surface area contributed by atoms with E-state index in [4.69, 9.17) is 16.9 Å². The third-order valence-electron chi connectivity index (χ3n) is 7.48. The van der Waals surface area contributed by atoms with Gasteiger partial charge in [0.1, 0.15) is 17.7 Å². The van der Waals surface area contributed by atoms with Gasteiger partial charge in [-0.15, -0.1) is 6.42 Å². The van der Waals surface area contributed by atoms with Crippen LogP contribution >= 0.6 is 0 Å². The summed E-state index contributed by atoms with van der Waals surface area (Å²) in [5, 5.41) is 5.91. The lowest BCUT2D eigenvalue weighted by atomic mass is 9.85. The molecule has 10 nitrogen and oxygen atoms in total. The van der Waals surface area contributed by atoms with Gasteiger partial charge in [0.25, 0.3) is 5.91 Å². The molecule has 0 bridgehead atoms. The van der Waals surface area contributed by atoms with Crippen molar-refractivity contribution in [1.29, 1.82) is 0 Å². The van der Waals surface area contributed by atoms with Gasteiger partial charge in [0.15, 0.2) is 6.04 Å². The van der Waals surface area contributed by atoms with E-state index in [-0.39, 0.29) is 24.5 Å². The fourth-order valence-corrected chi connectivity index (χ4v) is 5.37. The predicted molar refractivity (Wildman–Crippen MR) is 156 cm³/mol. The predicted octanol–water partition coefficient (Wildman–Crippen LogP) is 2.51. The van der Waals surface area contributed by atoms with Crippen molar-refractivity contribution < 1.29 is 23.9 Å². The molecule has 4 amide bonds. The van der Waals surface area contributed by atoms with Crippen LogP contribution < -0.4 is 16.4 Å². The van der Waals surface area contributed by atoms with E-state index in [1.54, 1.807) is 20.8 Å². The van der Waals surface area contributed by atoms with Crippen LogP contribution in [0.2, 0.25) is 0 Å². The van der Waals surface area contributed by atoms with Crippen molar-refractivity contribution in [3.05, 3.63) is 35.4 Å². The first-order chi connectivity index (χ1) is 19.0. The Labute approximate surface area is 243 Å². The van der Waals surface area contributed by atoms with Gasteiger partial charge in [-0.2, -0.15) is 0 Å². The minimum absolute atomic E-state index is 0.140. The Morgan fingerprint density at radius 3 is 2.41 bits per heavy atom. The normalized spacial score (nSPS) is 22.0. The van der Waals surface area contributed by atoms with Crippen LogP contribution in [0.15, 0.2) is 24.3 Å². The second-order valence-electron chi connectivity index (χ2n) is 13.1. The molecule has 0 aromatic heterocycles. The number of nitrogens with two attached hydrogens (primary N) is 1. The first kappa shape index (κ1) is 31.9. The smallest absolute Gasteiger partial charge is 0.411 e. The summed E-state index contributed by atoms with van der Waals surface area (Å²) in [5.41, 5.74) is 7.05. The Morgan fingerprint density at radius 1 is 1.15 bits per heavy atom.